The maximum Gasteiger partial charge on any atom is 0.265 e. The molecule has 10 heavy (non-hydrogen) atoms. The third kappa shape index (κ3) is 4.68. The van der Waals surface area contributed by atoms with Crippen LogP contribution in [0.5, 0.6) is 0 Å². The Balaban J connectivity index is 3.87. The van der Waals surface area contributed by atoms with Crippen molar-refractivity contribution in [2.75, 3.05) is 19.0 Å². The molecule has 0 aliphatic rings. The summed E-state index contributed by atoms with van der Waals surface area (Å²) < 4.78 is 28.4. The minimum atomic E-state index is -4.07. The van der Waals surface area contributed by atoms with Crippen molar-refractivity contribution in [1.29, 1.82) is 0 Å². The molecule has 0 saturated carbocycles. The summed E-state index contributed by atoms with van der Waals surface area (Å²) in [6, 6.07) is 0. The van der Waals surface area contributed by atoms with Gasteiger partial charge in [-0.15, -0.1) is 0 Å². The van der Waals surface area contributed by atoms with Crippen LogP contribution in [0.1, 0.15) is 0 Å². The van der Waals surface area contributed by atoms with Gasteiger partial charge in [-0.1, -0.05) is 0 Å². The van der Waals surface area contributed by atoms with Gasteiger partial charge in [0.25, 0.3) is 10.1 Å². The van der Waals surface area contributed by atoms with Crippen LogP contribution in [0.25, 0.3) is 0 Å². The highest BCUT2D eigenvalue weighted by Gasteiger charge is 2.14. The van der Waals surface area contributed by atoms with E-state index in [4.69, 9.17) is 14.8 Å². The summed E-state index contributed by atoms with van der Waals surface area (Å²) in [6.07, 6.45) is 0. The number of rotatable bonds is 4. The van der Waals surface area contributed by atoms with Crippen LogP contribution in [0.4, 0.5) is 0 Å². The molecule has 0 bridgehead atoms. The summed E-state index contributed by atoms with van der Waals surface area (Å²) in [7, 11) is -4.07. The second-order valence-corrected chi connectivity index (χ2v) is 3.48. The van der Waals surface area contributed by atoms with E-state index in [1.54, 1.807) is 0 Å². The highest BCUT2D eigenvalue weighted by Crippen LogP contribution is 1.97. The van der Waals surface area contributed by atoms with E-state index < -0.39 is 35.0 Å². The van der Waals surface area contributed by atoms with Crippen LogP contribution in [-0.2, 0) is 10.1 Å². The van der Waals surface area contributed by atoms with Gasteiger partial charge in [-0.05, 0) is 0 Å². The Labute approximate surface area is 59.1 Å². The molecule has 62 valence electrons. The Hall–Kier alpha value is -0.170. The summed E-state index contributed by atoms with van der Waals surface area (Å²) in [5.74, 6) is -1.38. The van der Waals surface area contributed by atoms with Crippen LogP contribution in [-0.4, -0.2) is 42.2 Å². The van der Waals surface area contributed by atoms with Crippen molar-refractivity contribution < 1.29 is 23.2 Å². The molecule has 0 rings (SSSR count). The SMILES string of the molecule is O=S(=O)(O)CC(CO)CO. The molecule has 5 nitrogen and oxygen atoms in total. The topological polar surface area (TPSA) is 94.8 Å². The van der Waals surface area contributed by atoms with Crippen LogP contribution >= 0.6 is 0 Å². The molecular weight excluding hydrogens is 160 g/mol. The van der Waals surface area contributed by atoms with Gasteiger partial charge in [0.15, 0.2) is 0 Å². The Morgan fingerprint density at radius 2 is 1.60 bits per heavy atom. The zero-order valence-corrected chi connectivity index (χ0v) is 6.08. The van der Waals surface area contributed by atoms with E-state index in [2.05, 4.69) is 0 Å². The van der Waals surface area contributed by atoms with Gasteiger partial charge in [0.1, 0.15) is 0 Å². The van der Waals surface area contributed by atoms with Gasteiger partial charge < -0.3 is 10.2 Å². The number of hydrogen-bond donors (Lipinski definition) is 3. The van der Waals surface area contributed by atoms with E-state index in [1.165, 1.54) is 0 Å². The van der Waals surface area contributed by atoms with Crippen molar-refractivity contribution in [2.24, 2.45) is 5.92 Å². The first kappa shape index (κ1) is 9.83. The summed E-state index contributed by atoms with van der Waals surface area (Å²) in [5, 5.41) is 16.7. The number of aliphatic hydroxyl groups excluding tert-OH is 2. The van der Waals surface area contributed by atoms with E-state index in [0.29, 0.717) is 0 Å². The molecular formula is C4H10O5S. The largest absolute Gasteiger partial charge is 0.396 e. The van der Waals surface area contributed by atoms with Crippen LogP contribution in [0.2, 0.25) is 0 Å². The minimum Gasteiger partial charge on any atom is -0.396 e. The first-order chi connectivity index (χ1) is 4.49. The van der Waals surface area contributed by atoms with Crippen molar-refractivity contribution in [3.8, 4) is 0 Å². The van der Waals surface area contributed by atoms with Gasteiger partial charge in [-0.25, -0.2) is 0 Å². The fraction of sp³-hybridized carbons (Fsp3) is 1.00. The monoisotopic (exact) mass is 170 g/mol. The predicted molar refractivity (Wildman–Crippen MR) is 34.1 cm³/mol. The minimum absolute atomic E-state index is 0.448. The normalized spacial score (nSPS) is 12.4. The molecule has 0 aromatic heterocycles. The molecule has 0 unspecified atom stereocenters. The summed E-state index contributed by atoms with van der Waals surface area (Å²) in [4.78, 5) is 0. The molecule has 0 aromatic rings. The Morgan fingerprint density at radius 1 is 1.20 bits per heavy atom. The van der Waals surface area contributed by atoms with Gasteiger partial charge in [0.05, 0.1) is 5.75 Å². The average molecular weight is 170 g/mol. The lowest BCUT2D eigenvalue weighted by Crippen LogP contribution is -2.21. The molecule has 0 saturated heterocycles. The predicted octanol–water partition coefficient (Wildman–Crippen LogP) is -1.52. The Bertz CT molecular complexity index is 168. The second kappa shape index (κ2) is 3.87. The molecule has 0 heterocycles. The molecule has 0 aromatic carbocycles. The number of hydrogen-bond acceptors (Lipinski definition) is 4. The van der Waals surface area contributed by atoms with Crippen LogP contribution < -0.4 is 0 Å². The molecule has 0 fully saturated rings. The van der Waals surface area contributed by atoms with Gasteiger partial charge in [0.2, 0.25) is 0 Å². The molecule has 0 amide bonds. The van der Waals surface area contributed by atoms with Crippen LogP contribution in [0.3, 0.4) is 0 Å². The maximum absolute atomic E-state index is 10.1. The first-order valence-corrected chi connectivity index (χ1v) is 4.27. The van der Waals surface area contributed by atoms with Crippen molar-refractivity contribution in [3.63, 3.8) is 0 Å². The van der Waals surface area contributed by atoms with Gasteiger partial charge in [-0.2, -0.15) is 8.42 Å². The lowest BCUT2D eigenvalue weighted by atomic mass is 10.2. The molecule has 0 aliphatic carbocycles. The third-order valence-corrected chi connectivity index (χ3v) is 1.86. The third-order valence-electron chi connectivity index (χ3n) is 0.963. The summed E-state index contributed by atoms with van der Waals surface area (Å²) >= 11 is 0. The molecule has 0 spiro atoms. The van der Waals surface area contributed by atoms with E-state index in [0.717, 1.165) is 0 Å². The van der Waals surface area contributed by atoms with E-state index in [9.17, 15) is 8.42 Å². The fourth-order valence-electron chi connectivity index (χ4n) is 0.461. The van der Waals surface area contributed by atoms with Crippen LogP contribution in [0, 0.1) is 5.92 Å². The first-order valence-electron chi connectivity index (χ1n) is 2.66. The van der Waals surface area contributed by atoms with Crippen molar-refractivity contribution in [3.05, 3.63) is 0 Å². The zero-order valence-electron chi connectivity index (χ0n) is 5.27. The Morgan fingerprint density at radius 3 is 1.70 bits per heavy atom. The van der Waals surface area contributed by atoms with E-state index in [-0.39, 0.29) is 0 Å². The molecule has 0 atom stereocenters. The quantitative estimate of drug-likeness (QED) is 0.445. The lowest BCUT2D eigenvalue weighted by Gasteiger charge is -2.06. The molecule has 3 N–H and O–H groups in total. The maximum atomic E-state index is 10.1. The highest BCUT2D eigenvalue weighted by molar-refractivity contribution is 7.85. The van der Waals surface area contributed by atoms with E-state index in [1.807, 2.05) is 0 Å². The van der Waals surface area contributed by atoms with Gasteiger partial charge in [-0.3, -0.25) is 4.55 Å². The van der Waals surface area contributed by atoms with Crippen molar-refractivity contribution in [1.82, 2.24) is 0 Å². The molecule has 0 radical (unpaired) electrons. The summed E-state index contributed by atoms with van der Waals surface area (Å²) in [6.45, 7) is -0.896. The van der Waals surface area contributed by atoms with E-state index >= 15 is 0 Å². The average Bonchev–Trinajstić information content (AvgIpc) is 1.81. The smallest absolute Gasteiger partial charge is 0.265 e. The van der Waals surface area contributed by atoms with Gasteiger partial charge >= 0.3 is 0 Å². The lowest BCUT2D eigenvalue weighted by molar-refractivity contribution is 0.162. The summed E-state index contributed by atoms with van der Waals surface area (Å²) in [5.41, 5.74) is 0. The van der Waals surface area contributed by atoms with Crippen molar-refractivity contribution in [2.45, 2.75) is 0 Å². The standard InChI is InChI=1S/C4H10O5S/c5-1-4(2-6)3-10(7,8)9/h4-6H,1-3H2,(H,7,8,9). The van der Waals surface area contributed by atoms with Gasteiger partial charge in [0, 0.05) is 19.1 Å². The second-order valence-electron chi connectivity index (χ2n) is 1.98. The number of aliphatic hydroxyl groups is 2. The fourth-order valence-corrected chi connectivity index (χ4v) is 1.27. The molecule has 0 aliphatic heterocycles. The van der Waals surface area contributed by atoms with Crippen LogP contribution in [0.15, 0.2) is 0 Å². The van der Waals surface area contributed by atoms with Crippen molar-refractivity contribution >= 4 is 10.1 Å². The highest BCUT2D eigenvalue weighted by atomic mass is 32.2. The molecule has 6 heteroatoms. The zero-order chi connectivity index (χ0) is 8.20. The Kier molecular flexibility index (Phi) is 3.80.